The summed E-state index contributed by atoms with van der Waals surface area (Å²) in [5.41, 5.74) is 1.68. The van der Waals surface area contributed by atoms with Gasteiger partial charge in [-0.1, -0.05) is 17.7 Å². The minimum atomic E-state index is -0.677. The number of nitrogens with zero attached hydrogens (tertiary/aromatic N) is 3. The Morgan fingerprint density at radius 1 is 1.19 bits per heavy atom. The van der Waals surface area contributed by atoms with Crippen molar-refractivity contribution in [3.8, 4) is 11.5 Å². The van der Waals surface area contributed by atoms with Gasteiger partial charge in [0, 0.05) is 28.7 Å². The number of nitrogens with one attached hydrogen (secondary N) is 1. The van der Waals surface area contributed by atoms with Crippen molar-refractivity contribution in [3.05, 3.63) is 64.8 Å². The average molecular weight is 441 g/mol. The second-order valence-electron chi connectivity index (χ2n) is 7.74. The van der Waals surface area contributed by atoms with Crippen molar-refractivity contribution in [3.63, 3.8) is 0 Å². The van der Waals surface area contributed by atoms with Gasteiger partial charge < -0.3 is 14.6 Å². The number of aromatic nitrogens is 2. The van der Waals surface area contributed by atoms with E-state index in [-0.39, 0.29) is 30.8 Å². The van der Waals surface area contributed by atoms with Crippen LogP contribution < -0.4 is 5.32 Å². The maximum atomic E-state index is 13.6. The van der Waals surface area contributed by atoms with Crippen LogP contribution in [0.4, 0.5) is 10.1 Å². The lowest BCUT2D eigenvalue weighted by atomic mass is 9.89. The van der Waals surface area contributed by atoms with Gasteiger partial charge in [-0.15, -0.1) is 10.2 Å². The molecule has 2 aromatic carbocycles. The molecule has 2 heterocycles. The molecule has 9 heteroatoms. The van der Waals surface area contributed by atoms with Gasteiger partial charge in [0.15, 0.2) is 0 Å². The maximum absolute atomic E-state index is 13.6. The number of hydrogen-bond acceptors (Lipinski definition) is 5. The zero-order valence-corrected chi connectivity index (χ0v) is 17.1. The lowest BCUT2D eigenvalue weighted by Crippen LogP contribution is -2.39. The largest absolute Gasteiger partial charge is 0.419 e. The van der Waals surface area contributed by atoms with Crippen molar-refractivity contribution < 1.29 is 18.4 Å². The fourth-order valence-corrected chi connectivity index (χ4v) is 3.93. The Kier molecular flexibility index (Phi) is 4.94. The van der Waals surface area contributed by atoms with Gasteiger partial charge >= 0.3 is 0 Å². The molecule has 2 amide bonds. The standard InChI is InChI=1S/C22H18ClFN4O3/c23-13-3-1-12(2-4-13)21-27-26-20(31-21)11-28(15-6-7-15)22(30)17-10-19(29)25-18-9-14(24)5-8-16(17)18/h1-5,8-9,15,17H,6-7,10-11H2,(H,25,29). The molecule has 3 aromatic rings. The highest BCUT2D eigenvalue weighted by atomic mass is 35.5. The summed E-state index contributed by atoms with van der Waals surface area (Å²) in [7, 11) is 0. The van der Waals surface area contributed by atoms with Gasteiger partial charge in [0.1, 0.15) is 5.82 Å². The average Bonchev–Trinajstić information content (AvgIpc) is 3.49. The molecule has 1 aliphatic heterocycles. The molecular formula is C22H18ClFN4O3. The summed E-state index contributed by atoms with van der Waals surface area (Å²) in [4.78, 5) is 27.3. The molecule has 1 saturated carbocycles. The number of carbonyl (C=O) groups excluding carboxylic acids is 2. The van der Waals surface area contributed by atoms with Crippen LogP contribution in [0.15, 0.2) is 46.9 Å². The number of anilines is 1. The van der Waals surface area contributed by atoms with Crippen molar-refractivity contribution >= 4 is 29.1 Å². The van der Waals surface area contributed by atoms with Gasteiger partial charge in [0.2, 0.25) is 23.6 Å². The molecule has 31 heavy (non-hydrogen) atoms. The first kappa shape index (κ1) is 19.7. The van der Waals surface area contributed by atoms with Gasteiger partial charge in [-0.3, -0.25) is 9.59 Å². The van der Waals surface area contributed by atoms with Crippen LogP contribution >= 0.6 is 11.6 Å². The highest BCUT2D eigenvalue weighted by molar-refractivity contribution is 6.30. The van der Waals surface area contributed by atoms with E-state index in [2.05, 4.69) is 15.5 Å². The third-order valence-corrected chi connectivity index (χ3v) is 5.74. The third-order valence-electron chi connectivity index (χ3n) is 5.49. The number of hydrogen-bond donors (Lipinski definition) is 1. The number of benzene rings is 2. The minimum Gasteiger partial charge on any atom is -0.419 e. The fraction of sp³-hybridized carbons (Fsp3) is 0.273. The molecule has 1 atom stereocenters. The van der Waals surface area contributed by atoms with Crippen molar-refractivity contribution in [2.45, 2.75) is 37.8 Å². The Bertz CT molecular complexity index is 1160. The summed E-state index contributed by atoms with van der Waals surface area (Å²) in [6.45, 7) is 0.152. The molecule has 158 valence electrons. The van der Waals surface area contributed by atoms with E-state index in [1.54, 1.807) is 35.2 Å². The number of amides is 2. The molecule has 7 nitrogen and oxygen atoms in total. The summed E-state index contributed by atoms with van der Waals surface area (Å²) >= 11 is 5.92. The van der Waals surface area contributed by atoms with Crippen molar-refractivity contribution in [1.29, 1.82) is 0 Å². The maximum Gasteiger partial charge on any atom is 0.247 e. The Morgan fingerprint density at radius 2 is 1.97 bits per heavy atom. The van der Waals surface area contributed by atoms with E-state index < -0.39 is 11.7 Å². The van der Waals surface area contributed by atoms with Crippen LogP contribution in [0, 0.1) is 5.82 Å². The normalized spacial score (nSPS) is 17.7. The van der Waals surface area contributed by atoms with Gasteiger partial charge in [0.25, 0.3) is 0 Å². The monoisotopic (exact) mass is 440 g/mol. The SMILES string of the molecule is O=C1CC(C(=O)N(Cc2nnc(-c3ccc(Cl)cc3)o2)C2CC2)c2ccc(F)cc2N1. The molecule has 0 radical (unpaired) electrons. The Labute approximate surface area is 182 Å². The molecule has 2 aliphatic rings. The van der Waals surface area contributed by atoms with Crippen LogP contribution in [0.2, 0.25) is 5.02 Å². The van der Waals surface area contributed by atoms with Crippen LogP contribution in [0.25, 0.3) is 11.5 Å². The van der Waals surface area contributed by atoms with E-state index in [0.29, 0.717) is 28.1 Å². The molecular weight excluding hydrogens is 423 g/mol. The summed E-state index contributed by atoms with van der Waals surface area (Å²) in [5.74, 6) is -1.00. The molecule has 0 spiro atoms. The van der Waals surface area contributed by atoms with Gasteiger partial charge in [-0.2, -0.15) is 0 Å². The third kappa shape index (κ3) is 4.03. The zero-order chi connectivity index (χ0) is 21.5. The number of fused-ring (bicyclic) bond motifs is 1. The summed E-state index contributed by atoms with van der Waals surface area (Å²) in [6.07, 6.45) is 1.76. The first-order chi connectivity index (χ1) is 15.0. The van der Waals surface area contributed by atoms with Crippen LogP contribution in [0.1, 0.15) is 36.6 Å². The highest BCUT2D eigenvalue weighted by Gasteiger charge is 2.40. The smallest absolute Gasteiger partial charge is 0.247 e. The Balaban J connectivity index is 1.39. The Hall–Kier alpha value is -3.26. The van der Waals surface area contributed by atoms with E-state index in [1.807, 2.05) is 0 Å². The molecule has 5 rings (SSSR count). The van der Waals surface area contributed by atoms with Crippen molar-refractivity contribution in [2.24, 2.45) is 0 Å². The lowest BCUT2D eigenvalue weighted by molar-refractivity contribution is -0.136. The van der Waals surface area contributed by atoms with Crippen molar-refractivity contribution in [2.75, 3.05) is 5.32 Å². The number of rotatable bonds is 5. The second-order valence-corrected chi connectivity index (χ2v) is 8.18. The Morgan fingerprint density at radius 3 is 2.71 bits per heavy atom. The van der Waals surface area contributed by atoms with Crippen LogP contribution in [-0.4, -0.2) is 33.0 Å². The molecule has 1 aromatic heterocycles. The molecule has 0 saturated heterocycles. The highest BCUT2D eigenvalue weighted by Crippen LogP contribution is 2.37. The van der Waals surface area contributed by atoms with Crippen LogP contribution in [-0.2, 0) is 16.1 Å². The molecule has 1 aliphatic carbocycles. The van der Waals surface area contributed by atoms with E-state index in [1.165, 1.54) is 12.1 Å². The summed E-state index contributed by atoms with van der Waals surface area (Å²) in [6, 6.07) is 11.2. The lowest BCUT2D eigenvalue weighted by Gasteiger charge is -2.30. The van der Waals surface area contributed by atoms with Gasteiger partial charge in [-0.05, 0) is 54.8 Å². The first-order valence-corrected chi connectivity index (χ1v) is 10.3. The van der Waals surface area contributed by atoms with Gasteiger partial charge in [0.05, 0.1) is 12.5 Å². The van der Waals surface area contributed by atoms with E-state index in [0.717, 1.165) is 18.4 Å². The zero-order valence-electron chi connectivity index (χ0n) is 16.3. The van der Waals surface area contributed by atoms with Crippen molar-refractivity contribution in [1.82, 2.24) is 15.1 Å². The van der Waals surface area contributed by atoms with Crippen LogP contribution in [0.3, 0.4) is 0 Å². The molecule has 1 N–H and O–H groups in total. The molecule has 1 fully saturated rings. The fourth-order valence-electron chi connectivity index (χ4n) is 3.80. The first-order valence-electron chi connectivity index (χ1n) is 9.96. The number of carbonyl (C=O) groups is 2. The van der Waals surface area contributed by atoms with E-state index >= 15 is 0 Å². The molecule has 0 bridgehead atoms. The van der Waals surface area contributed by atoms with Crippen LogP contribution in [0.5, 0.6) is 0 Å². The molecule has 1 unspecified atom stereocenters. The summed E-state index contributed by atoms with van der Waals surface area (Å²) in [5, 5.41) is 11.4. The topological polar surface area (TPSA) is 88.3 Å². The quantitative estimate of drug-likeness (QED) is 0.644. The predicted octanol–water partition coefficient (Wildman–Crippen LogP) is 4.15. The van der Waals surface area contributed by atoms with E-state index in [4.69, 9.17) is 16.0 Å². The predicted molar refractivity (Wildman–Crippen MR) is 111 cm³/mol. The second kappa shape index (κ2) is 7.77. The number of halogens is 2. The van der Waals surface area contributed by atoms with Gasteiger partial charge in [-0.25, -0.2) is 4.39 Å². The van der Waals surface area contributed by atoms with E-state index in [9.17, 15) is 14.0 Å². The summed E-state index contributed by atoms with van der Waals surface area (Å²) < 4.78 is 19.4. The minimum absolute atomic E-state index is 0.0144.